The van der Waals surface area contributed by atoms with Gasteiger partial charge in [-0.25, -0.2) is 13.1 Å². The maximum absolute atomic E-state index is 13.2. The summed E-state index contributed by atoms with van der Waals surface area (Å²) in [6.07, 6.45) is -4.32. The molecule has 1 N–H and O–H groups in total. The van der Waals surface area contributed by atoms with E-state index in [1.54, 1.807) is 10.8 Å². The van der Waals surface area contributed by atoms with E-state index in [9.17, 15) is 26.4 Å². The maximum atomic E-state index is 13.2. The van der Waals surface area contributed by atoms with Crippen molar-refractivity contribution in [2.45, 2.75) is 24.4 Å². The molecule has 0 fully saturated rings. The molecule has 0 aliphatic rings. The van der Waals surface area contributed by atoms with E-state index < -0.39 is 32.6 Å². The van der Waals surface area contributed by atoms with E-state index in [4.69, 9.17) is 10.00 Å². The van der Waals surface area contributed by atoms with Crippen LogP contribution in [0.25, 0.3) is 0 Å². The zero-order valence-corrected chi connectivity index (χ0v) is 15.4. The van der Waals surface area contributed by atoms with Crippen LogP contribution in [-0.4, -0.2) is 20.9 Å². The number of hydrogen-bond acceptors (Lipinski definition) is 5. The first-order valence-electron chi connectivity index (χ1n) is 8.00. The van der Waals surface area contributed by atoms with Gasteiger partial charge in [0.2, 0.25) is 0 Å². The molecule has 0 aliphatic heterocycles. The number of sulfonamides is 1. The van der Waals surface area contributed by atoms with Crippen LogP contribution in [0.5, 0.6) is 5.75 Å². The molecule has 6 nitrogen and oxygen atoms in total. The normalized spacial score (nSPS) is 11.5. The highest BCUT2D eigenvalue weighted by molar-refractivity contribution is 7.90. The second-order valence-electron chi connectivity index (χ2n) is 5.63. The molecule has 0 aliphatic carbocycles. The van der Waals surface area contributed by atoms with Crippen LogP contribution in [0.4, 0.5) is 13.2 Å². The second kappa shape index (κ2) is 8.31. The Kier molecular flexibility index (Phi) is 6.30. The third kappa shape index (κ3) is 5.01. The molecule has 0 saturated carbocycles. The first kappa shape index (κ1) is 21.2. The number of amides is 1. The van der Waals surface area contributed by atoms with E-state index in [2.05, 4.69) is 0 Å². The molecule has 0 atom stereocenters. The molecule has 0 radical (unpaired) electrons. The van der Waals surface area contributed by atoms with Crippen LogP contribution in [0.1, 0.15) is 34.8 Å². The summed E-state index contributed by atoms with van der Waals surface area (Å²) in [5.41, 5.74) is -2.00. The summed E-state index contributed by atoms with van der Waals surface area (Å²) in [6, 6.07) is 9.08. The minimum atomic E-state index is -5.03. The Bertz CT molecular complexity index is 1030. The zero-order chi connectivity index (χ0) is 20.9. The molecule has 0 bridgehead atoms. The number of rotatable bonds is 6. The second-order valence-corrected chi connectivity index (χ2v) is 7.28. The smallest absolute Gasteiger partial charge is 0.417 e. The third-order valence-electron chi connectivity index (χ3n) is 3.50. The van der Waals surface area contributed by atoms with Crippen LogP contribution < -0.4 is 9.46 Å². The number of nitriles is 1. The fourth-order valence-corrected chi connectivity index (χ4v) is 3.42. The molecule has 1 amide bonds. The quantitative estimate of drug-likeness (QED) is 0.784. The van der Waals surface area contributed by atoms with Gasteiger partial charge in [0, 0.05) is 5.56 Å². The van der Waals surface area contributed by atoms with Gasteiger partial charge in [0.05, 0.1) is 28.7 Å². The minimum absolute atomic E-state index is 0.0978. The van der Waals surface area contributed by atoms with Gasteiger partial charge >= 0.3 is 6.18 Å². The first-order valence-corrected chi connectivity index (χ1v) is 9.48. The average Bonchev–Trinajstić information content (AvgIpc) is 2.65. The van der Waals surface area contributed by atoms with Gasteiger partial charge in [-0.3, -0.25) is 4.79 Å². The van der Waals surface area contributed by atoms with Crippen molar-refractivity contribution >= 4 is 15.9 Å². The van der Waals surface area contributed by atoms with Gasteiger partial charge in [-0.2, -0.15) is 18.4 Å². The Hall–Kier alpha value is -3.06. The lowest BCUT2D eigenvalue weighted by atomic mass is 10.1. The van der Waals surface area contributed by atoms with Gasteiger partial charge in [-0.15, -0.1) is 0 Å². The maximum Gasteiger partial charge on any atom is 0.417 e. The van der Waals surface area contributed by atoms with Crippen LogP contribution in [0, 0.1) is 11.3 Å². The van der Waals surface area contributed by atoms with Crippen LogP contribution in [0.3, 0.4) is 0 Å². The number of nitrogens with one attached hydrogen (secondary N) is 1. The Morgan fingerprint density at radius 3 is 2.54 bits per heavy atom. The van der Waals surface area contributed by atoms with Crippen LogP contribution in [0.15, 0.2) is 47.4 Å². The van der Waals surface area contributed by atoms with Crippen LogP contribution in [-0.2, 0) is 16.2 Å². The summed E-state index contributed by atoms with van der Waals surface area (Å²) in [5, 5.41) is 8.75. The molecular formula is C18H15F3N2O4S. The van der Waals surface area contributed by atoms with Crippen molar-refractivity contribution in [2.24, 2.45) is 0 Å². The number of nitrogens with zero attached hydrogens (tertiary/aromatic N) is 1. The molecule has 2 rings (SSSR count). The van der Waals surface area contributed by atoms with Crippen LogP contribution in [0.2, 0.25) is 0 Å². The summed E-state index contributed by atoms with van der Waals surface area (Å²) in [5.74, 6) is -0.791. The number of alkyl halides is 3. The van der Waals surface area contributed by atoms with E-state index in [-0.39, 0.29) is 11.1 Å². The van der Waals surface area contributed by atoms with E-state index in [1.807, 2.05) is 6.92 Å². The van der Waals surface area contributed by atoms with E-state index in [0.29, 0.717) is 30.9 Å². The highest BCUT2D eigenvalue weighted by atomic mass is 32.2. The topological polar surface area (TPSA) is 96.3 Å². The number of hydrogen-bond donors (Lipinski definition) is 1. The minimum Gasteiger partial charge on any atom is -0.494 e. The fourth-order valence-electron chi connectivity index (χ4n) is 2.24. The highest BCUT2D eigenvalue weighted by Gasteiger charge is 2.38. The number of carbonyl (C=O) groups is 1. The average molecular weight is 412 g/mol. The van der Waals surface area contributed by atoms with Gasteiger partial charge < -0.3 is 4.74 Å². The Morgan fingerprint density at radius 2 is 1.93 bits per heavy atom. The van der Waals surface area contributed by atoms with Gasteiger partial charge in [-0.1, -0.05) is 13.0 Å². The molecule has 0 aromatic heterocycles. The highest BCUT2D eigenvalue weighted by Crippen LogP contribution is 2.34. The number of benzene rings is 2. The lowest BCUT2D eigenvalue weighted by Crippen LogP contribution is -2.32. The van der Waals surface area contributed by atoms with Crippen molar-refractivity contribution in [1.29, 1.82) is 5.26 Å². The fraction of sp³-hybridized carbons (Fsp3) is 0.222. The molecule has 0 unspecified atom stereocenters. The van der Waals surface area contributed by atoms with Crippen molar-refractivity contribution in [3.05, 3.63) is 59.2 Å². The van der Waals surface area contributed by atoms with Crippen molar-refractivity contribution in [3.8, 4) is 11.8 Å². The standard InChI is InChI=1S/C18H15F3N2O4S/c1-2-8-27-14-5-3-4-13(10-14)17(24)23-28(25,26)16-7-6-12(11-22)9-15(16)18(19,20)21/h3-7,9-10H,2,8H2,1H3,(H,23,24). The lowest BCUT2D eigenvalue weighted by molar-refractivity contribution is -0.139. The summed E-state index contributed by atoms with van der Waals surface area (Å²) in [4.78, 5) is 11.1. The molecule has 2 aromatic rings. The molecule has 148 valence electrons. The van der Waals surface area contributed by atoms with Gasteiger partial charge in [0.1, 0.15) is 5.75 Å². The Labute approximate surface area is 159 Å². The Morgan fingerprint density at radius 1 is 1.21 bits per heavy atom. The van der Waals surface area contributed by atoms with E-state index in [1.165, 1.54) is 24.3 Å². The van der Waals surface area contributed by atoms with Gasteiger partial charge in [0.15, 0.2) is 0 Å². The summed E-state index contributed by atoms with van der Waals surface area (Å²) >= 11 is 0. The van der Waals surface area contributed by atoms with Gasteiger partial charge in [0.25, 0.3) is 15.9 Å². The predicted molar refractivity (Wildman–Crippen MR) is 93.0 cm³/mol. The first-order chi connectivity index (χ1) is 13.1. The monoisotopic (exact) mass is 412 g/mol. The lowest BCUT2D eigenvalue weighted by Gasteiger charge is -2.14. The predicted octanol–water partition coefficient (Wildman–Crippen LogP) is 3.48. The number of halogens is 3. The van der Waals surface area contributed by atoms with Crippen molar-refractivity contribution in [1.82, 2.24) is 4.72 Å². The number of carbonyl (C=O) groups excluding carboxylic acids is 1. The van der Waals surface area contributed by atoms with E-state index in [0.717, 1.165) is 6.07 Å². The van der Waals surface area contributed by atoms with Crippen molar-refractivity contribution in [3.63, 3.8) is 0 Å². The molecule has 0 spiro atoms. The zero-order valence-electron chi connectivity index (χ0n) is 14.6. The van der Waals surface area contributed by atoms with Crippen molar-refractivity contribution in [2.75, 3.05) is 6.61 Å². The molecule has 10 heteroatoms. The molecule has 0 saturated heterocycles. The molecule has 2 aromatic carbocycles. The molecular weight excluding hydrogens is 397 g/mol. The van der Waals surface area contributed by atoms with Crippen molar-refractivity contribution < 1.29 is 31.1 Å². The summed E-state index contributed by atoms with van der Waals surface area (Å²) in [7, 11) is -4.85. The Balaban J connectivity index is 2.37. The largest absolute Gasteiger partial charge is 0.494 e. The molecule has 28 heavy (non-hydrogen) atoms. The number of ether oxygens (including phenoxy) is 1. The third-order valence-corrected chi connectivity index (χ3v) is 4.89. The van der Waals surface area contributed by atoms with Crippen LogP contribution >= 0.6 is 0 Å². The van der Waals surface area contributed by atoms with E-state index >= 15 is 0 Å². The summed E-state index contributed by atoms with van der Waals surface area (Å²) in [6.45, 7) is 2.25. The SMILES string of the molecule is CCCOc1cccc(C(=O)NS(=O)(=O)c2ccc(C#N)cc2C(F)(F)F)c1. The van der Waals surface area contributed by atoms with Gasteiger partial charge in [-0.05, 0) is 42.8 Å². The summed E-state index contributed by atoms with van der Waals surface area (Å²) < 4.78 is 71.4. The molecule has 0 heterocycles.